The smallest absolute Gasteiger partial charge is 0.241 e. The molecule has 0 atom stereocenters. The number of methoxy groups -OCH3 is 1. The first-order valence-electron chi connectivity index (χ1n) is 10.4. The molecule has 0 spiro atoms. The number of nitrogens with zero attached hydrogens (tertiary/aromatic N) is 3. The van der Waals surface area contributed by atoms with Crippen LogP contribution in [0.1, 0.15) is 12.0 Å². The molecule has 0 fully saturated rings. The summed E-state index contributed by atoms with van der Waals surface area (Å²) in [7, 11) is 1.62. The van der Waals surface area contributed by atoms with Crippen molar-refractivity contribution in [3.05, 3.63) is 96.8 Å². The fourth-order valence-corrected chi connectivity index (χ4v) is 3.40. The zero-order chi connectivity index (χ0) is 22.2. The summed E-state index contributed by atoms with van der Waals surface area (Å²) < 4.78 is 7.15. The minimum Gasteiger partial charge on any atom is -0.497 e. The second-order valence-electron chi connectivity index (χ2n) is 7.18. The van der Waals surface area contributed by atoms with Gasteiger partial charge in [0.15, 0.2) is 0 Å². The van der Waals surface area contributed by atoms with Crippen LogP contribution in [-0.4, -0.2) is 28.8 Å². The number of hydrogen-bond acceptors (Lipinski definition) is 4. The highest BCUT2D eigenvalue weighted by Gasteiger charge is 2.15. The maximum Gasteiger partial charge on any atom is 0.241 e. The Labute approximate surface area is 187 Å². The number of benzene rings is 3. The zero-order valence-electron chi connectivity index (χ0n) is 17.8. The van der Waals surface area contributed by atoms with E-state index in [1.165, 1.54) is 0 Å². The topological polar surface area (TPSA) is 68.5 Å². The quantitative estimate of drug-likeness (QED) is 0.327. The molecule has 3 aromatic carbocycles. The lowest BCUT2D eigenvalue weighted by Crippen LogP contribution is -2.19. The van der Waals surface area contributed by atoms with Crippen LogP contribution in [0.5, 0.6) is 5.75 Å². The van der Waals surface area contributed by atoms with Crippen LogP contribution in [-0.2, 0) is 11.3 Å². The van der Waals surface area contributed by atoms with Crippen LogP contribution in [0.4, 0.5) is 0 Å². The summed E-state index contributed by atoms with van der Waals surface area (Å²) in [6.07, 6.45) is 3.68. The number of carbonyl (C=O) groups excluding carboxylic acids is 1. The average molecular weight is 425 g/mol. The van der Waals surface area contributed by atoms with E-state index in [0.717, 1.165) is 33.8 Å². The number of hydrazone groups is 1. The van der Waals surface area contributed by atoms with Gasteiger partial charge in [-0.2, -0.15) is 5.10 Å². The molecule has 0 radical (unpaired) electrons. The molecule has 1 aromatic heterocycles. The molecule has 1 heterocycles. The predicted molar refractivity (Wildman–Crippen MR) is 126 cm³/mol. The molecule has 0 saturated carbocycles. The Balaban J connectivity index is 1.45. The lowest BCUT2D eigenvalue weighted by Gasteiger charge is -2.10. The Morgan fingerprint density at radius 1 is 0.969 bits per heavy atom. The first kappa shape index (κ1) is 21.1. The van der Waals surface area contributed by atoms with E-state index in [4.69, 9.17) is 4.74 Å². The Kier molecular flexibility index (Phi) is 6.72. The van der Waals surface area contributed by atoms with Gasteiger partial charge in [0.1, 0.15) is 5.75 Å². The van der Waals surface area contributed by atoms with Gasteiger partial charge in [-0.05, 0) is 29.8 Å². The van der Waals surface area contributed by atoms with Crippen LogP contribution in [0.25, 0.3) is 22.5 Å². The molecule has 0 aliphatic heterocycles. The highest BCUT2D eigenvalue weighted by molar-refractivity contribution is 5.83. The van der Waals surface area contributed by atoms with Gasteiger partial charge in [0.25, 0.3) is 0 Å². The number of carbonyl (C=O) groups is 1. The summed E-state index contributed by atoms with van der Waals surface area (Å²) in [4.78, 5) is 17.0. The van der Waals surface area contributed by atoms with Gasteiger partial charge in [0.2, 0.25) is 5.91 Å². The molecule has 4 rings (SSSR count). The molecule has 0 unspecified atom stereocenters. The Morgan fingerprint density at radius 3 is 2.28 bits per heavy atom. The molecule has 1 N–H and O–H groups in total. The van der Waals surface area contributed by atoms with Crippen molar-refractivity contribution in [3.8, 4) is 28.3 Å². The number of nitrogens with one attached hydrogen (secondary N) is 1. The van der Waals surface area contributed by atoms with Crippen molar-refractivity contribution in [1.82, 2.24) is 15.0 Å². The SMILES string of the molecule is COc1ccc(/C=N\NC(=O)CCn2cnc(-c3ccccc3)c2-c2ccccc2)cc1. The summed E-state index contributed by atoms with van der Waals surface area (Å²) in [5.41, 5.74) is 7.46. The third-order valence-electron chi connectivity index (χ3n) is 5.03. The van der Waals surface area contributed by atoms with Crippen molar-refractivity contribution in [2.24, 2.45) is 5.10 Å². The molecule has 6 nitrogen and oxygen atoms in total. The monoisotopic (exact) mass is 424 g/mol. The lowest BCUT2D eigenvalue weighted by molar-refractivity contribution is -0.121. The van der Waals surface area contributed by atoms with Crippen molar-refractivity contribution >= 4 is 12.1 Å². The normalized spacial score (nSPS) is 10.9. The van der Waals surface area contributed by atoms with Crippen LogP contribution in [0, 0.1) is 0 Å². The van der Waals surface area contributed by atoms with Gasteiger partial charge in [-0.1, -0.05) is 60.7 Å². The van der Waals surface area contributed by atoms with Gasteiger partial charge in [0.05, 0.1) is 31.0 Å². The van der Waals surface area contributed by atoms with E-state index < -0.39 is 0 Å². The maximum atomic E-state index is 12.4. The number of ether oxygens (including phenoxy) is 1. The van der Waals surface area contributed by atoms with Crippen LogP contribution in [0.2, 0.25) is 0 Å². The number of imidazole rings is 1. The standard InChI is InChI=1S/C26H24N4O2/c1-32-23-14-12-20(13-15-23)18-28-29-24(31)16-17-30-19-27-25(21-8-4-2-5-9-21)26(30)22-10-6-3-7-11-22/h2-15,18-19H,16-17H2,1H3,(H,29,31)/b28-18-. The van der Waals surface area contributed by atoms with E-state index in [2.05, 4.69) is 27.6 Å². The largest absolute Gasteiger partial charge is 0.497 e. The van der Waals surface area contributed by atoms with Crippen molar-refractivity contribution in [2.45, 2.75) is 13.0 Å². The van der Waals surface area contributed by atoms with E-state index in [9.17, 15) is 4.79 Å². The molecule has 1 amide bonds. The van der Waals surface area contributed by atoms with E-state index in [0.29, 0.717) is 6.54 Å². The molecule has 32 heavy (non-hydrogen) atoms. The third-order valence-corrected chi connectivity index (χ3v) is 5.03. The highest BCUT2D eigenvalue weighted by Crippen LogP contribution is 2.31. The summed E-state index contributed by atoms with van der Waals surface area (Å²) >= 11 is 0. The molecule has 0 aliphatic carbocycles. The summed E-state index contributed by atoms with van der Waals surface area (Å²) in [5.74, 6) is 0.611. The van der Waals surface area contributed by atoms with Crippen LogP contribution in [0.3, 0.4) is 0 Å². The van der Waals surface area contributed by atoms with Gasteiger partial charge < -0.3 is 9.30 Å². The molecule has 0 saturated heterocycles. The Morgan fingerprint density at radius 2 is 1.62 bits per heavy atom. The average Bonchev–Trinajstić information content (AvgIpc) is 3.28. The number of aromatic nitrogens is 2. The fourth-order valence-electron chi connectivity index (χ4n) is 3.40. The third kappa shape index (κ3) is 5.10. The molecule has 0 aliphatic rings. The molecule has 6 heteroatoms. The Hall–Kier alpha value is -4.19. The predicted octanol–water partition coefficient (Wildman–Crippen LogP) is 4.77. The zero-order valence-corrected chi connectivity index (χ0v) is 17.8. The first-order chi connectivity index (χ1) is 15.7. The van der Waals surface area contributed by atoms with Gasteiger partial charge in [-0.3, -0.25) is 4.79 Å². The van der Waals surface area contributed by atoms with Crippen LogP contribution in [0.15, 0.2) is 96.4 Å². The Bertz CT molecular complexity index is 1180. The maximum absolute atomic E-state index is 12.4. The number of hydrogen-bond donors (Lipinski definition) is 1. The number of rotatable bonds is 8. The summed E-state index contributed by atoms with van der Waals surface area (Å²) in [6.45, 7) is 0.494. The second-order valence-corrected chi connectivity index (χ2v) is 7.18. The summed E-state index contributed by atoms with van der Waals surface area (Å²) in [6, 6.07) is 27.6. The van der Waals surface area contributed by atoms with Gasteiger partial charge in [-0.25, -0.2) is 10.4 Å². The highest BCUT2D eigenvalue weighted by atomic mass is 16.5. The van der Waals surface area contributed by atoms with E-state index in [1.807, 2.05) is 77.4 Å². The van der Waals surface area contributed by atoms with E-state index in [1.54, 1.807) is 19.7 Å². The number of aryl methyl sites for hydroxylation is 1. The van der Waals surface area contributed by atoms with Crippen molar-refractivity contribution in [3.63, 3.8) is 0 Å². The second kappa shape index (κ2) is 10.2. The van der Waals surface area contributed by atoms with Crippen molar-refractivity contribution < 1.29 is 9.53 Å². The van der Waals surface area contributed by atoms with E-state index in [-0.39, 0.29) is 12.3 Å². The first-order valence-corrected chi connectivity index (χ1v) is 10.4. The minimum absolute atomic E-state index is 0.163. The molecular formula is C26H24N4O2. The van der Waals surface area contributed by atoms with Gasteiger partial charge in [-0.15, -0.1) is 0 Å². The lowest BCUT2D eigenvalue weighted by atomic mass is 10.0. The molecular weight excluding hydrogens is 400 g/mol. The van der Waals surface area contributed by atoms with Crippen LogP contribution < -0.4 is 10.2 Å². The molecule has 0 bridgehead atoms. The number of amides is 1. The van der Waals surface area contributed by atoms with Gasteiger partial charge >= 0.3 is 0 Å². The van der Waals surface area contributed by atoms with E-state index >= 15 is 0 Å². The minimum atomic E-state index is -0.163. The molecule has 160 valence electrons. The van der Waals surface area contributed by atoms with Gasteiger partial charge in [0, 0.05) is 24.1 Å². The van der Waals surface area contributed by atoms with Crippen molar-refractivity contribution in [2.75, 3.05) is 7.11 Å². The van der Waals surface area contributed by atoms with Crippen LogP contribution >= 0.6 is 0 Å². The fraction of sp³-hybridized carbons (Fsp3) is 0.115. The van der Waals surface area contributed by atoms with Crippen molar-refractivity contribution in [1.29, 1.82) is 0 Å². The summed E-state index contributed by atoms with van der Waals surface area (Å²) in [5, 5.41) is 4.05. The molecule has 4 aromatic rings.